The summed E-state index contributed by atoms with van der Waals surface area (Å²) in [5.74, 6) is 0.942. The van der Waals surface area contributed by atoms with Crippen LogP contribution in [0.15, 0.2) is 36.4 Å². The van der Waals surface area contributed by atoms with E-state index in [1.807, 2.05) is 31.2 Å². The molecule has 0 unspecified atom stereocenters. The van der Waals surface area contributed by atoms with Crippen LogP contribution in [0.3, 0.4) is 0 Å². The molecular weight excluding hydrogens is 314 g/mol. The molecule has 0 aliphatic heterocycles. The smallest absolute Gasteiger partial charge is 0.258 e. The number of amides is 1. The number of nitrogens with one attached hydrogen (secondary N) is 1. The molecule has 0 aliphatic carbocycles. The molecule has 1 atom stereocenters. The lowest BCUT2D eigenvalue weighted by molar-refractivity contribution is -0.123. The number of hydrogen-bond donors (Lipinski definition) is 1. The number of methoxy groups -OCH3 is 2. The zero-order valence-electron chi connectivity index (χ0n) is 13.5. The molecule has 0 saturated carbocycles. The van der Waals surface area contributed by atoms with Crippen LogP contribution < -0.4 is 14.8 Å². The van der Waals surface area contributed by atoms with Gasteiger partial charge in [-0.2, -0.15) is 0 Å². The summed E-state index contributed by atoms with van der Waals surface area (Å²) in [6, 6.07) is 11.3. The molecule has 6 heteroatoms. The van der Waals surface area contributed by atoms with Crippen molar-refractivity contribution in [2.75, 3.05) is 27.4 Å². The van der Waals surface area contributed by atoms with Crippen LogP contribution in [0, 0.1) is 6.92 Å². The van der Waals surface area contributed by atoms with Crippen molar-refractivity contribution >= 4 is 17.2 Å². The van der Waals surface area contributed by atoms with Crippen LogP contribution in [0.5, 0.6) is 11.5 Å². The maximum atomic E-state index is 11.9. The van der Waals surface area contributed by atoms with Gasteiger partial charge in [-0.3, -0.25) is 4.79 Å². The lowest BCUT2D eigenvalue weighted by Crippen LogP contribution is -2.32. The van der Waals surface area contributed by atoms with Crippen molar-refractivity contribution in [2.45, 2.75) is 13.0 Å². The topological polar surface area (TPSA) is 56.8 Å². The molecule has 1 aromatic carbocycles. The Morgan fingerprint density at radius 3 is 2.52 bits per heavy atom. The van der Waals surface area contributed by atoms with Crippen LogP contribution in [0.4, 0.5) is 0 Å². The predicted octanol–water partition coefficient (Wildman–Crippen LogP) is 2.95. The highest BCUT2D eigenvalue weighted by Crippen LogP contribution is 2.26. The number of benzene rings is 1. The highest BCUT2D eigenvalue weighted by Gasteiger charge is 2.14. The Morgan fingerprint density at radius 1 is 1.17 bits per heavy atom. The van der Waals surface area contributed by atoms with E-state index in [9.17, 15) is 4.79 Å². The van der Waals surface area contributed by atoms with Crippen LogP contribution in [0.2, 0.25) is 0 Å². The second-order valence-electron chi connectivity index (χ2n) is 4.92. The first-order valence-corrected chi connectivity index (χ1v) is 8.07. The highest BCUT2D eigenvalue weighted by molar-refractivity contribution is 7.12. The van der Waals surface area contributed by atoms with Gasteiger partial charge in [-0.1, -0.05) is 12.1 Å². The fraction of sp³-hybridized carbons (Fsp3) is 0.353. The van der Waals surface area contributed by atoms with E-state index in [0.717, 1.165) is 4.88 Å². The third-order valence-electron chi connectivity index (χ3n) is 3.28. The zero-order valence-corrected chi connectivity index (χ0v) is 14.3. The molecule has 0 radical (unpaired) electrons. The first-order chi connectivity index (χ1) is 11.1. The van der Waals surface area contributed by atoms with Crippen LogP contribution in [-0.4, -0.2) is 33.3 Å². The summed E-state index contributed by atoms with van der Waals surface area (Å²) in [5, 5.41) is 2.83. The Kier molecular flexibility index (Phi) is 6.43. The lowest BCUT2D eigenvalue weighted by Gasteiger charge is -2.15. The van der Waals surface area contributed by atoms with E-state index in [-0.39, 0.29) is 18.6 Å². The van der Waals surface area contributed by atoms with Gasteiger partial charge in [0, 0.05) is 23.4 Å². The molecule has 1 heterocycles. The summed E-state index contributed by atoms with van der Waals surface area (Å²) in [5.41, 5.74) is 0. The average Bonchev–Trinajstić information content (AvgIpc) is 3.00. The molecule has 1 aromatic heterocycles. The molecule has 2 aromatic rings. The fourth-order valence-corrected chi connectivity index (χ4v) is 3.02. The lowest BCUT2D eigenvalue weighted by atomic mass is 10.3. The van der Waals surface area contributed by atoms with Gasteiger partial charge in [0.05, 0.1) is 7.11 Å². The third kappa shape index (κ3) is 4.97. The predicted molar refractivity (Wildman–Crippen MR) is 90.3 cm³/mol. The maximum absolute atomic E-state index is 11.9. The fourth-order valence-electron chi connectivity index (χ4n) is 2.07. The van der Waals surface area contributed by atoms with E-state index >= 15 is 0 Å². The first kappa shape index (κ1) is 17.3. The average molecular weight is 335 g/mol. The van der Waals surface area contributed by atoms with E-state index in [1.165, 1.54) is 4.88 Å². The number of rotatable bonds is 8. The molecule has 1 amide bonds. The molecule has 23 heavy (non-hydrogen) atoms. The van der Waals surface area contributed by atoms with Gasteiger partial charge in [0.1, 0.15) is 6.10 Å². The summed E-state index contributed by atoms with van der Waals surface area (Å²) in [6.45, 7) is 2.38. The Hall–Kier alpha value is -2.05. The van der Waals surface area contributed by atoms with E-state index in [4.69, 9.17) is 14.2 Å². The van der Waals surface area contributed by atoms with Crippen LogP contribution in [0.25, 0.3) is 0 Å². The summed E-state index contributed by atoms with van der Waals surface area (Å²) >= 11 is 1.66. The number of thiophene rings is 1. The van der Waals surface area contributed by atoms with Gasteiger partial charge in [0.15, 0.2) is 18.1 Å². The van der Waals surface area contributed by atoms with Gasteiger partial charge in [-0.05, 0) is 31.2 Å². The molecule has 0 bridgehead atoms. The molecule has 2 rings (SSSR count). The van der Waals surface area contributed by atoms with Crippen LogP contribution in [-0.2, 0) is 9.53 Å². The summed E-state index contributed by atoms with van der Waals surface area (Å²) in [6.07, 6.45) is -0.149. The van der Waals surface area contributed by atoms with E-state index in [1.54, 1.807) is 37.7 Å². The minimum absolute atomic E-state index is 0.0692. The molecule has 0 aliphatic rings. The molecular formula is C17H21NO4S. The molecule has 5 nitrogen and oxygen atoms in total. The maximum Gasteiger partial charge on any atom is 0.258 e. The molecule has 0 saturated heterocycles. The number of para-hydroxylation sites is 2. The monoisotopic (exact) mass is 335 g/mol. The van der Waals surface area contributed by atoms with Gasteiger partial charge in [-0.15, -0.1) is 11.3 Å². The largest absolute Gasteiger partial charge is 0.493 e. The van der Waals surface area contributed by atoms with Gasteiger partial charge < -0.3 is 19.5 Å². The van der Waals surface area contributed by atoms with E-state index < -0.39 is 0 Å². The zero-order chi connectivity index (χ0) is 16.7. The normalized spacial score (nSPS) is 11.8. The summed E-state index contributed by atoms with van der Waals surface area (Å²) in [4.78, 5) is 14.3. The standard InChI is InChI=1S/C17H21NO4S/c1-12-8-9-16(23-12)15(21-3)10-18-17(19)11-22-14-7-5-4-6-13(14)20-2/h4-9,15H,10-11H2,1-3H3,(H,18,19)/t15-/m0/s1. The Morgan fingerprint density at radius 2 is 1.91 bits per heavy atom. The number of carbonyl (C=O) groups is 1. The van der Waals surface area contributed by atoms with Crippen molar-refractivity contribution < 1.29 is 19.0 Å². The Bertz CT molecular complexity index is 641. The molecule has 124 valence electrons. The van der Waals surface area contributed by atoms with E-state index in [2.05, 4.69) is 5.32 Å². The van der Waals surface area contributed by atoms with Crippen LogP contribution >= 0.6 is 11.3 Å². The number of carbonyl (C=O) groups excluding carboxylic acids is 1. The number of hydrogen-bond acceptors (Lipinski definition) is 5. The van der Waals surface area contributed by atoms with Crippen molar-refractivity contribution in [3.63, 3.8) is 0 Å². The Labute approximate surface area is 140 Å². The minimum atomic E-state index is -0.203. The SMILES string of the molecule is COc1ccccc1OCC(=O)NC[C@H](OC)c1ccc(C)s1. The van der Waals surface area contributed by atoms with Crippen molar-refractivity contribution in [1.82, 2.24) is 5.32 Å². The molecule has 1 N–H and O–H groups in total. The van der Waals surface area contributed by atoms with Crippen molar-refractivity contribution in [2.24, 2.45) is 0 Å². The van der Waals surface area contributed by atoms with E-state index in [0.29, 0.717) is 18.0 Å². The van der Waals surface area contributed by atoms with Crippen LogP contribution in [0.1, 0.15) is 15.9 Å². The Balaban J connectivity index is 1.82. The van der Waals surface area contributed by atoms with Gasteiger partial charge >= 0.3 is 0 Å². The molecule has 0 fully saturated rings. The van der Waals surface area contributed by atoms with Gasteiger partial charge in [-0.25, -0.2) is 0 Å². The number of ether oxygens (including phenoxy) is 3. The summed E-state index contributed by atoms with van der Waals surface area (Å²) in [7, 11) is 3.20. The second kappa shape index (κ2) is 8.55. The van der Waals surface area contributed by atoms with Crippen molar-refractivity contribution in [3.8, 4) is 11.5 Å². The third-order valence-corrected chi connectivity index (χ3v) is 4.37. The van der Waals surface area contributed by atoms with Crippen molar-refractivity contribution in [3.05, 3.63) is 46.2 Å². The minimum Gasteiger partial charge on any atom is -0.493 e. The van der Waals surface area contributed by atoms with Crippen molar-refractivity contribution in [1.29, 1.82) is 0 Å². The first-order valence-electron chi connectivity index (χ1n) is 7.25. The summed E-state index contributed by atoms with van der Waals surface area (Å²) < 4.78 is 16.1. The molecule has 0 spiro atoms. The quantitative estimate of drug-likeness (QED) is 0.806. The number of aryl methyl sites for hydroxylation is 1. The second-order valence-corrected chi connectivity index (χ2v) is 6.24. The van der Waals surface area contributed by atoms with Gasteiger partial charge in [0.2, 0.25) is 0 Å². The van der Waals surface area contributed by atoms with Gasteiger partial charge in [0.25, 0.3) is 5.91 Å². The highest BCUT2D eigenvalue weighted by atomic mass is 32.1.